The molecule has 0 spiro atoms. The molecule has 1 amide bonds. The van der Waals surface area contributed by atoms with Crippen LogP contribution in [0.3, 0.4) is 0 Å². The van der Waals surface area contributed by atoms with E-state index in [4.69, 9.17) is 11.6 Å². The Labute approximate surface area is 116 Å². The second-order valence-corrected chi connectivity index (χ2v) is 6.24. The van der Waals surface area contributed by atoms with Crippen LogP contribution in [0.5, 0.6) is 0 Å². The number of nitrogens with zero attached hydrogens (tertiary/aromatic N) is 2. The lowest BCUT2D eigenvalue weighted by Gasteiger charge is -2.27. The zero-order valence-electron chi connectivity index (χ0n) is 10.7. The third-order valence-corrected chi connectivity index (χ3v) is 4.71. The van der Waals surface area contributed by atoms with Gasteiger partial charge >= 0.3 is 0 Å². The minimum absolute atomic E-state index is 0.0729. The molecule has 0 unspecified atom stereocenters. The van der Waals surface area contributed by atoms with Gasteiger partial charge in [0, 0.05) is 5.88 Å². The standard InChI is InChI=1S/C12H18ClN3OS/c1-8(2)9-10(18-16-15-9)11(17)14-12(7-13)5-3-4-6-12/h8H,3-7H2,1-2H3,(H,14,17). The average molecular weight is 288 g/mol. The molecule has 0 bridgehead atoms. The normalized spacial score (nSPS) is 18.2. The summed E-state index contributed by atoms with van der Waals surface area (Å²) in [5, 5.41) is 7.13. The van der Waals surface area contributed by atoms with Crippen LogP contribution in [-0.2, 0) is 0 Å². The Hall–Kier alpha value is -0.680. The van der Waals surface area contributed by atoms with Gasteiger partial charge in [-0.1, -0.05) is 31.2 Å². The van der Waals surface area contributed by atoms with E-state index in [1.165, 1.54) is 0 Å². The maximum Gasteiger partial charge on any atom is 0.265 e. The van der Waals surface area contributed by atoms with E-state index >= 15 is 0 Å². The first-order valence-corrected chi connectivity index (χ1v) is 7.59. The van der Waals surface area contributed by atoms with Crippen LogP contribution >= 0.6 is 23.1 Å². The molecule has 0 aromatic carbocycles. The van der Waals surface area contributed by atoms with Crippen molar-refractivity contribution in [2.24, 2.45) is 0 Å². The number of halogens is 1. The van der Waals surface area contributed by atoms with Crippen molar-refractivity contribution < 1.29 is 4.79 Å². The van der Waals surface area contributed by atoms with Crippen molar-refractivity contribution in [1.29, 1.82) is 0 Å². The highest BCUT2D eigenvalue weighted by atomic mass is 35.5. The molecular formula is C12H18ClN3OS. The van der Waals surface area contributed by atoms with E-state index in [1.54, 1.807) is 0 Å². The SMILES string of the molecule is CC(C)c1nnsc1C(=O)NC1(CCl)CCCC1. The number of aromatic nitrogens is 2. The molecule has 1 heterocycles. The van der Waals surface area contributed by atoms with Crippen LogP contribution < -0.4 is 5.32 Å². The summed E-state index contributed by atoms with van der Waals surface area (Å²) < 4.78 is 3.89. The first-order chi connectivity index (χ1) is 8.58. The Balaban J connectivity index is 2.14. The van der Waals surface area contributed by atoms with Gasteiger partial charge in [-0.2, -0.15) is 0 Å². The van der Waals surface area contributed by atoms with E-state index in [2.05, 4.69) is 14.9 Å². The Bertz CT molecular complexity index is 427. The van der Waals surface area contributed by atoms with Crippen LogP contribution in [0.15, 0.2) is 0 Å². The van der Waals surface area contributed by atoms with Gasteiger partial charge in [-0.3, -0.25) is 4.79 Å². The van der Waals surface area contributed by atoms with Crippen LogP contribution in [0.2, 0.25) is 0 Å². The Kier molecular flexibility index (Phi) is 4.22. The number of carbonyl (C=O) groups is 1. The summed E-state index contributed by atoms with van der Waals surface area (Å²) in [4.78, 5) is 12.9. The van der Waals surface area contributed by atoms with Gasteiger partial charge in [0.2, 0.25) is 0 Å². The predicted molar refractivity (Wildman–Crippen MR) is 73.4 cm³/mol. The van der Waals surface area contributed by atoms with Crippen molar-refractivity contribution in [2.75, 3.05) is 5.88 Å². The smallest absolute Gasteiger partial charge is 0.265 e. The van der Waals surface area contributed by atoms with Gasteiger partial charge in [0.1, 0.15) is 4.88 Å². The lowest BCUT2D eigenvalue weighted by atomic mass is 10.00. The molecule has 0 aliphatic heterocycles. The van der Waals surface area contributed by atoms with E-state index in [1.807, 2.05) is 13.8 Å². The molecule has 6 heteroatoms. The van der Waals surface area contributed by atoms with E-state index in [0.29, 0.717) is 10.8 Å². The molecule has 0 saturated heterocycles. The zero-order chi connectivity index (χ0) is 13.2. The molecule has 0 radical (unpaired) electrons. The largest absolute Gasteiger partial charge is 0.345 e. The fourth-order valence-electron chi connectivity index (χ4n) is 2.37. The fourth-order valence-corrected chi connectivity index (χ4v) is 3.42. The molecule has 2 rings (SSSR count). The molecule has 1 fully saturated rings. The zero-order valence-corrected chi connectivity index (χ0v) is 12.3. The molecule has 1 aliphatic carbocycles. The van der Waals surface area contributed by atoms with Gasteiger partial charge in [-0.15, -0.1) is 16.7 Å². The lowest BCUT2D eigenvalue weighted by molar-refractivity contribution is 0.0912. The fraction of sp³-hybridized carbons (Fsp3) is 0.750. The molecule has 1 saturated carbocycles. The highest BCUT2D eigenvalue weighted by Crippen LogP contribution is 2.31. The minimum atomic E-state index is -0.225. The van der Waals surface area contributed by atoms with Crippen molar-refractivity contribution in [3.8, 4) is 0 Å². The lowest BCUT2D eigenvalue weighted by Crippen LogP contribution is -2.47. The van der Waals surface area contributed by atoms with Crippen molar-refractivity contribution in [2.45, 2.75) is 51.0 Å². The number of rotatable bonds is 4. The third kappa shape index (κ3) is 2.67. The average Bonchev–Trinajstić information content (AvgIpc) is 2.97. The maximum atomic E-state index is 12.3. The molecule has 1 N–H and O–H groups in total. The number of amides is 1. The molecule has 1 aromatic rings. The Morgan fingerprint density at radius 1 is 1.50 bits per heavy atom. The summed E-state index contributed by atoms with van der Waals surface area (Å²) in [5.41, 5.74) is 0.553. The van der Waals surface area contributed by atoms with Crippen LogP contribution in [0.25, 0.3) is 0 Å². The van der Waals surface area contributed by atoms with Gasteiger partial charge in [0.25, 0.3) is 5.91 Å². The molecule has 1 aromatic heterocycles. The van der Waals surface area contributed by atoms with Crippen LogP contribution in [0.1, 0.15) is 60.8 Å². The number of alkyl halides is 1. The van der Waals surface area contributed by atoms with E-state index < -0.39 is 0 Å². The minimum Gasteiger partial charge on any atom is -0.345 e. The van der Waals surface area contributed by atoms with Crippen LogP contribution in [0, 0.1) is 0 Å². The second kappa shape index (κ2) is 5.53. The summed E-state index contributed by atoms with van der Waals surface area (Å²) in [6.45, 7) is 4.03. The summed E-state index contributed by atoms with van der Waals surface area (Å²) >= 11 is 7.19. The van der Waals surface area contributed by atoms with E-state index in [-0.39, 0.29) is 17.4 Å². The summed E-state index contributed by atoms with van der Waals surface area (Å²) in [6, 6.07) is 0. The monoisotopic (exact) mass is 287 g/mol. The highest BCUT2D eigenvalue weighted by Gasteiger charge is 2.35. The summed E-state index contributed by atoms with van der Waals surface area (Å²) in [5.74, 6) is 0.610. The summed E-state index contributed by atoms with van der Waals surface area (Å²) in [6.07, 6.45) is 4.19. The second-order valence-electron chi connectivity index (χ2n) is 5.22. The molecule has 18 heavy (non-hydrogen) atoms. The number of hydrogen-bond acceptors (Lipinski definition) is 4. The summed E-state index contributed by atoms with van der Waals surface area (Å²) in [7, 11) is 0. The third-order valence-electron chi connectivity index (χ3n) is 3.46. The van der Waals surface area contributed by atoms with Crippen LogP contribution in [-0.4, -0.2) is 26.9 Å². The first-order valence-electron chi connectivity index (χ1n) is 6.29. The van der Waals surface area contributed by atoms with E-state index in [9.17, 15) is 4.79 Å². The number of nitrogens with one attached hydrogen (secondary N) is 1. The highest BCUT2D eigenvalue weighted by molar-refractivity contribution is 7.08. The number of carbonyl (C=O) groups excluding carboxylic acids is 1. The molecule has 100 valence electrons. The quantitative estimate of drug-likeness (QED) is 0.866. The predicted octanol–water partition coefficient (Wildman–Crippen LogP) is 2.94. The molecule has 1 aliphatic rings. The number of hydrogen-bond donors (Lipinski definition) is 1. The van der Waals surface area contributed by atoms with Gasteiger partial charge < -0.3 is 5.32 Å². The van der Waals surface area contributed by atoms with Gasteiger partial charge in [-0.25, -0.2) is 0 Å². The molecule has 4 nitrogen and oxygen atoms in total. The molecule has 0 atom stereocenters. The van der Waals surface area contributed by atoms with Gasteiger partial charge in [0.05, 0.1) is 11.2 Å². The Morgan fingerprint density at radius 2 is 2.17 bits per heavy atom. The topological polar surface area (TPSA) is 54.9 Å². The Morgan fingerprint density at radius 3 is 2.72 bits per heavy atom. The van der Waals surface area contributed by atoms with Crippen molar-refractivity contribution in [1.82, 2.24) is 14.9 Å². The van der Waals surface area contributed by atoms with Crippen molar-refractivity contribution >= 4 is 29.0 Å². The van der Waals surface area contributed by atoms with Gasteiger partial charge in [-0.05, 0) is 30.3 Å². The first kappa shape index (κ1) is 13.7. The van der Waals surface area contributed by atoms with Crippen LogP contribution in [0.4, 0.5) is 0 Å². The van der Waals surface area contributed by atoms with Gasteiger partial charge in [0.15, 0.2) is 0 Å². The van der Waals surface area contributed by atoms with E-state index in [0.717, 1.165) is 42.9 Å². The van der Waals surface area contributed by atoms with Crippen molar-refractivity contribution in [3.05, 3.63) is 10.6 Å². The van der Waals surface area contributed by atoms with Crippen molar-refractivity contribution in [3.63, 3.8) is 0 Å². The molecular weight excluding hydrogens is 270 g/mol. The maximum absolute atomic E-state index is 12.3.